The minimum Gasteiger partial charge on any atom is -0.489 e. The molecule has 0 spiro atoms. The van der Waals surface area contributed by atoms with E-state index in [1.807, 2.05) is 35.2 Å². The van der Waals surface area contributed by atoms with E-state index in [0.29, 0.717) is 26.2 Å². The molecule has 1 saturated heterocycles. The Morgan fingerprint density at radius 1 is 1.10 bits per heavy atom. The fraction of sp³-hybridized carbons (Fsp3) is 0.458. The molecule has 0 bridgehead atoms. The highest BCUT2D eigenvalue weighted by Crippen LogP contribution is 2.19. The molecule has 0 aliphatic carbocycles. The fourth-order valence-corrected chi connectivity index (χ4v) is 3.61. The molecule has 3 rings (SSSR count). The SMILES string of the molecule is Cc1cccc(COc2cccc(CC(=O)N3CCC(OCCCN)CC3)c2)c1. The van der Waals surface area contributed by atoms with E-state index in [1.54, 1.807) is 0 Å². The number of hydrogen-bond donors (Lipinski definition) is 1. The van der Waals surface area contributed by atoms with Crippen LogP contribution in [0.15, 0.2) is 48.5 Å². The lowest BCUT2D eigenvalue weighted by Crippen LogP contribution is -2.41. The highest BCUT2D eigenvalue weighted by Gasteiger charge is 2.23. The third-order valence-corrected chi connectivity index (χ3v) is 5.24. The van der Waals surface area contributed by atoms with Gasteiger partial charge in [0.25, 0.3) is 0 Å². The van der Waals surface area contributed by atoms with Crippen LogP contribution >= 0.6 is 0 Å². The largest absolute Gasteiger partial charge is 0.489 e. The van der Waals surface area contributed by atoms with Gasteiger partial charge in [-0.1, -0.05) is 42.0 Å². The molecule has 0 unspecified atom stereocenters. The van der Waals surface area contributed by atoms with Crippen molar-refractivity contribution in [2.75, 3.05) is 26.2 Å². The van der Waals surface area contributed by atoms with E-state index in [1.165, 1.54) is 5.56 Å². The first kappa shape index (κ1) is 21.3. The van der Waals surface area contributed by atoms with Crippen LogP contribution < -0.4 is 10.5 Å². The van der Waals surface area contributed by atoms with Crippen LogP contribution in [0, 0.1) is 6.92 Å². The van der Waals surface area contributed by atoms with Gasteiger partial charge in [-0.15, -0.1) is 0 Å². The van der Waals surface area contributed by atoms with Crippen LogP contribution in [0.25, 0.3) is 0 Å². The summed E-state index contributed by atoms with van der Waals surface area (Å²) >= 11 is 0. The van der Waals surface area contributed by atoms with Crippen molar-refractivity contribution in [1.82, 2.24) is 4.90 Å². The van der Waals surface area contributed by atoms with Crippen molar-refractivity contribution in [1.29, 1.82) is 0 Å². The van der Waals surface area contributed by atoms with E-state index in [0.717, 1.165) is 49.2 Å². The Labute approximate surface area is 173 Å². The second-order valence-corrected chi connectivity index (χ2v) is 7.70. The number of benzene rings is 2. The Balaban J connectivity index is 1.46. The van der Waals surface area contributed by atoms with Crippen LogP contribution in [0.3, 0.4) is 0 Å². The third kappa shape index (κ3) is 6.87. The number of nitrogens with two attached hydrogens (primary N) is 1. The summed E-state index contributed by atoms with van der Waals surface area (Å²) in [6.45, 7) is 5.49. The number of amides is 1. The minimum atomic E-state index is 0.168. The number of hydrogen-bond acceptors (Lipinski definition) is 4. The maximum atomic E-state index is 12.7. The van der Waals surface area contributed by atoms with Gasteiger partial charge in [0, 0.05) is 19.7 Å². The average molecular weight is 397 g/mol. The number of carbonyl (C=O) groups is 1. The summed E-state index contributed by atoms with van der Waals surface area (Å²) < 4.78 is 11.7. The lowest BCUT2D eigenvalue weighted by atomic mass is 10.1. The summed E-state index contributed by atoms with van der Waals surface area (Å²) in [6, 6.07) is 16.1. The summed E-state index contributed by atoms with van der Waals surface area (Å²) in [7, 11) is 0. The van der Waals surface area contributed by atoms with Crippen molar-refractivity contribution < 1.29 is 14.3 Å². The zero-order chi connectivity index (χ0) is 20.5. The summed E-state index contributed by atoms with van der Waals surface area (Å²) in [5.41, 5.74) is 8.85. The van der Waals surface area contributed by atoms with E-state index in [9.17, 15) is 4.79 Å². The number of rotatable bonds is 9. The maximum Gasteiger partial charge on any atom is 0.226 e. The number of aryl methyl sites for hydroxylation is 1. The second kappa shape index (κ2) is 11.0. The Kier molecular flexibility index (Phi) is 8.08. The Morgan fingerprint density at radius 2 is 1.86 bits per heavy atom. The van der Waals surface area contributed by atoms with Crippen molar-refractivity contribution in [2.45, 2.75) is 45.3 Å². The summed E-state index contributed by atoms with van der Waals surface area (Å²) in [5, 5.41) is 0. The van der Waals surface area contributed by atoms with Crippen LogP contribution in [0.1, 0.15) is 36.0 Å². The van der Waals surface area contributed by atoms with Gasteiger partial charge in [-0.3, -0.25) is 4.79 Å². The van der Waals surface area contributed by atoms with Gasteiger partial charge in [0.05, 0.1) is 12.5 Å². The summed E-state index contributed by atoms with van der Waals surface area (Å²) in [4.78, 5) is 14.6. The maximum absolute atomic E-state index is 12.7. The normalized spacial score (nSPS) is 14.8. The molecule has 156 valence electrons. The molecule has 1 aliphatic rings. The smallest absolute Gasteiger partial charge is 0.226 e. The zero-order valence-corrected chi connectivity index (χ0v) is 17.3. The first-order valence-electron chi connectivity index (χ1n) is 10.5. The van der Waals surface area contributed by atoms with Gasteiger partial charge in [-0.2, -0.15) is 0 Å². The zero-order valence-electron chi connectivity index (χ0n) is 17.3. The van der Waals surface area contributed by atoms with E-state index in [4.69, 9.17) is 15.2 Å². The number of nitrogens with zero attached hydrogens (tertiary/aromatic N) is 1. The third-order valence-electron chi connectivity index (χ3n) is 5.24. The number of ether oxygens (including phenoxy) is 2. The monoisotopic (exact) mass is 396 g/mol. The number of likely N-dealkylation sites (tertiary alicyclic amines) is 1. The Bertz CT molecular complexity index is 785. The van der Waals surface area contributed by atoms with Gasteiger partial charge in [0.15, 0.2) is 0 Å². The van der Waals surface area contributed by atoms with E-state index < -0.39 is 0 Å². The van der Waals surface area contributed by atoms with Gasteiger partial charge >= 0.3 is 0 Å². The summed E-state index contributed by atoms with van der Waals surface area (Å²) in [6.07, 6.45) is 3.34. The molecule has 1 aliphatic heterocycles. The topological polar surface area (TPSA) is 64.8 Å². The molecular weight excluding hydrogens is 364 g/mol. The van der Waals surface area contributed by atoms with Crippen LogP contribution in [0.5, 0.6) is 5.75 Å². The number of carbonyl (C=O) groups excluding carboxylic acids is 1. The van der Waals surface area contributed by atoms with Crippen molar-refractivity contribution in [2.24, 2.45) is 5.73 Å². The minimum absolute atomic E-state index is 0.168. The molecule has 2 aromatic rings. The van der Waals surface area contributed by atoms with Crippen LogP contribution in [-0.2, 0) is 22.6 Å². The molecule has 1 fully saturated rings. The first-order chi connectivity index (χ1) is 14.1. The molecule has 0 saturated carbocycles. The van der Waals surface area contributed by atoms with Crippen molar-refractivity contribution in [3.05, 3.63) is 65.2 Å². The van der Waals surface area contributed by atoms with Gasteiger partial charge in [-0.25, -0.2) is 0 Å². The number of piperidine rings is 1. The molecule has 2 N–H and O–H groups in total. The molecule has 0 atom stereocenters. The van der Waals surface area contributed by atoms with Gasteiger partial charge < -0.3 is 20.1 Å². The van der Waals surface area contributed by atoms with Crippen molar-refractivity contribution in [3.63, 3.8) is 0 Å². The van der Waals surface area contributed by atoms with Crippen molar-refractivity contribution in [3.8, 4) is 5.75 Å². The average Bonchev–Trinajstić information content (AvgIpc) is 2.73. The standard InChI is InChI=1S/C24H32N2O3/c1-19-5-2-7-21(15-19)18-29-23-8-3-6-20(16-23)17-24(27)26-12-9-22(10-13-26)28-14-4-11-25/h2-3,5-8,15-16,22H,4,9-14,17-18,25H2,1H3. The quantitative estimate of drug-likeness (QED) is 0.659. The molecule has 5 heteroatoms. The Morgan fingerprint density at radius 3 is 2.62 bits per heavy atom. The van der Waals surface area contributed by atoms with E-state index in [2.05, 4.69) is 25.1 Å². The highest BCUT2D eigenvalue weighted by atomic mass is 16.5. The highest BCUT2D eigenvalue weighted by molar-refractivity contribution is 5.79. The van der Waals surface area contributed by atoms with Gasteiger partial charge in [-0.05, 0) is 56.0 Å². The summed E-state index contributed by atoms with van der Waals surface area (Å²) in [5.74, 6) is 0.963. The molecule has 2 aromatic carbocycles. The van der Waals surface area contributed by atoms with Crippen LogP contribution in [-0.4, -0.2) is 43.2 Å². The predicted octanol–water partition coefficient (Wildman–Crippen LogP) is 3.47. The first-order valence-corrected chi connectivity index (χ1v) is 10.5. The molecule has 1 heterocycles. The van der Waals surface area contributed by atoms with Crippen molar-refractivity contribution >= 4 is 5.91 Å². The van der Waals surface area contributed by atoms with Crippen LogP contribution in [0.4, 0.5) is 0 Å². The molecule has 1 amide bonds. The fourth-order valence-electron chi connectivity index (χ4n) is 3.61. The van der Waals surface area contributed by atoms with Crippen LogP contribution in [0.2, 0.25) is 0 Å². The van der Waals surface area contributed by atoms with Gasteiger partial charge in [0.1, 0.15) is 12.4 Å². The van der Waals surface area contributed by atoms with E-state index in [-0.39, 0.29) is 12.0 Å². The lowest BCUT2D eigenvalue weighted by Gasteiger charge is -2.32. The molecule has 29 heavy (non-hydrogen) atoms. The van der Waals surface area contributed by atoms with E-state index >= 15 is 0 Å². The second-order valence-electron chi connectivity index (χ2n) is 7.70. The molecule has 5 nitrogen and oxygen atoms in total. The molecule has 0 radical (unpaired) electrons. The Hall–Kier alpha value is -2.37. The lowest BCUT2D eigenvalue weighted by molar-refractivity contribution is -0.133. The van der Waals surface area contributed by atoms with Gasteiger partial charge in [0.2, 0.25) is 5.91 Å². The molecule has 0 aromatic heterocycles. The molecular formula is C24H32N2O3. The predicted molar refractivity (Wildman–Crippen MR) is 115 cm³/mol.